The van der Waals surface area contributed by atoms with Crippen molar-refractivity contribution in [2.75, 3.05) is 83.9 Å². The van der Waals surface area contributed by atoms with Gasteiger partial charge in [-0.25, -0.2) is 19.3 Å². The predicted octanol–water partition coefficient (Wildman–Crippen LogP) is 4.61. The minimum Gasteiger partial charge on any atom is -0.444 e. The molecule has 0 aliphatic carbocycles. The maximum atomic E-state index is 15.0. The van der Waals surface area contributed by atoms with E-state index in [1.165, 1.54) is 6.07 Å². The Labute approximate surface area is 356 Å². The summed E-state index contributed by atoms with van der Waals surface area (Å²) in [5.74, 6) is -0.809. The molecule has 7 rings (SSSR count). The lowest BCUT2D eigenvalue weighted by Crippen LogP contribution is -2.55. The predicted molar refractivity (Wildman–Crippen MR) is 227 cm³/mol. The number of piperazine rings is 2. The number of hydrogen-bond donors (Lipinski definition) is 2. The topological polar surface area (TPSA) is 164 Å². The molecule has 60 heavy (non-hydrogen) atoms. The molecule has 0 bridgehead atoms. The van der Waals surface area contributed by atoms with Gasteiger partial charge in [0, 0.05) is 94.5 Å². The molecule has 17 heteroatoms. The van der Waals surface area contributed by atoms with Crippen LogP contribution in [0.3, 0.4) is 0 Å². The number of pyridine rings is 1. The molecular formula is C43H51BrFN9O6. The summed E-state index contributed by atoms with van der Waals surface area (Å²) >= 11 is 3.38. The quantitative estimate of drug-likeness (QED) is 0.243. The van der Waals surface area contributed by atoms with Crippen LogP contribution >= 0.6 is 15.9 Å². The van der Waals surface area contributed by atoms with Gasteiger partial charge in [-0.3, -0.25) is 29.4 Å². The average molecular weight is 889 g/mol. The number of carbonyl (C=O) groups excluding carboxylic acids is 4. The molecule has 318 valence electrons. The highest BCUT2D eigenvalue weighted by Gasteiger charge is 2.31. The number of anilines is 1. The van der Waals surface area contributed by atoms with Crippen molar-refractivity contribution in [3.63, 3.8) is 0 Å². The highest BCUT2D eigenvalue weighted by Crippen LogP contribution is 2.26. The molecule has 5 heterocycles. The lowest BCUT2D eigenvalue weighted by Gasteiger charge is -2.40. The number of carbonyl (C=O) groups is 4. The van der Waals surface area contributed by atoms with Crippen molar-refractivity contribution in [1.82, 2.24) is 39.7 Å². The van der Waals surface area contributed by atoms with E-state index in [1.54, 1.807) is 72.0 Å². The van der Waals surface area contributed by atoms with Gasteiger partial charge in [-0.2, -0.15) is 5.10 Å². The van der Waals surface area contributed by atoms with Crippen LogP contribution in [0.15, 0.2) is 64.0 Å². The number of rotatable bonds is 9. The number of piperidine rings is 1. The van der Waals surface area contributed by atoms with Gasteiger partial charge in [0.25, 0.3) is 17.4 Å². The van der Waals surface area contributed by atoms with Gasteiger partial charge in [-0.1, -0.05) is 24.3 Å². The molecule has 4 aromatic rings. The van der Waals surface area contributed by atoms with E-state index in [0.29, 0.717) is 90.3 Å². The van der Waals surface area contributed by atoms with Crippen LogP contribution < -0.4 is 10.9 Å². The summed E-state index contributed by atoms with van der Waals surface area (Å²) < 4.78 is 21.0. The van der Waals surface area contributed by atoms with Crippen molar-refractivity contribution < 1.29 is 28.3 Å². The van der Waals surface area contributed by atoms with Gasteiger partial charge in [0.15, 0.2) is 5.69 Å². The summed E-state index contributed by atoms with van der Waals surface area (Å²) in [6, 6.07) is 13.3. The number of halogens is 2. The molecule has 0 radical (unpaired) electrons. The first-order valence-corrected chi connectivity index (χ1v) is 21.2. The van der Waals surface area contributed by atoms with Crippen LogP contribution in [-0.2, 0) is 16.0 Å². The van der Waals surface area contributed by atoms with Crippen molar-refractivity contribution in [3.8, 4) is 0 Å². The van der Waals surface area contributed by atoms with E-state index in [0.717, 1.165) is 45.6 Å². The standard InChI is InChI=1S/C43H51BrFN9O6/c1-43(2,3)60-42(59)47-36-24-30(44)25-46-38(36)41(58)53-12-10-28(11-13-53)26-50-14-16-51(17-15-50)27-37(55)52-18-20-54(21-19-52)40(57)33-22-29(8-9-34(33)45)23-35-31-6-4-5-7-32(31)39(56)49-48-35/h4-9,22,24-25,28H,10-21,23,26-27H2,1-3H3,(H,47,59)(H,49,56). The van der Waals surface area contributed by atoms with Crippen LogP contribution in [-0.4, -0.2) is 148 Å². The number of nitrogens with one attached hydrogen (secondary N) is 2. The van der Waals surface area contributed by atoms with Crippen LogP contribution in [0.1, 0.15) is 65.7 Å². The summed E-state index contributed by atoms with van der Waals surface area (Å²) in [7, 11) is 0. The van der Waals surface area contributed by atoms with Crippen molar-refractivity contribution >= 4 is 56.2 Å². The molecule has 15 nitrogen and oxygen atoms in total. The Hall–Kier alpha value is -5.26. The van der Waals surface area contributed by atoms with Gasteiger partial charge in [-0.15, -0.1) is 0 Å². The van der Waals surface area contributed by atoms with E-state index in [9.17, 15) is 24.0 Å². The number of fused-ring (bicyclic) bond motifs is 1. The Bertz CT molecular complexity index is 2290. The van der Waals surface area contributed by atoms with Crippen LogP contribution in [0, 0.1) is 11.7 Å². The minimum atomic E-state index is -0.688. The summed E-state index contributed by atoms with van der Waals surface area (Å²) in [5.41, 5.74) is 0.779. The van der Waals surface area contributed by atoms with Gasteiger partial charge in [0.1, 0.15) is 11.4 Å². The third-order valence-electron chi connectivity index (χ3n) is 11.3. The number of ether oxygens (including phenoxy) is 1. The van der Waals surface area contributed by atoms with Crippen LogP contribution in [0.25, 0.3) is 10.8 Å². The fraction of sp³-hybridized carbons (Fsp3) is 0.465. The van der Waals surface area contributed by atoms with Crippen LogP contribution in [0.2, 0.25) is 0 Å². The summed E-state index contributed by atoms with van der Waals surface area (Å²) in [5, 5.41) is 10.6. The number of likely N-dealkylation sites (tertiary alicyclic amines) is 1. The molecule has 0 spiro atoms. The molecule has 2 aromatic carbocycles. The van der Waals surface area contributed by atoms with Crippen LogP contribution in [0.4, 0.5) is 14.9 Å². The molecule has 0 unspecified atom stereocenters. The number of aromatic amines is 1. The molecule has 3 aliphatic rings. The zero-order chi connectivity index (χ0) is 42.6. The molecule has 0 saturated carbocycles. The summed E-state index contributed by atoms with van der Waals surface area (Å²) in [6.45, 7) is 12.3. The minimum absolute atomic E-state index is 0.0195. The Morgan fingerprint density at radius 1 is 0.850 bits per heavy atom. The second-order valence-electron chi connectivity index (χ2n) is 16.7. The van der Waals surface area contributed by atoms with Gasteiger partial charge < -0.3 is 24.3 Å². The van der Waals surface area contributed by atoms with Crippen molar-refractivity contribution in [3.05, 3.63) is 97.9 Å². The third kappa shape index (κ3) is 10.5. The van der Waals surface area contributed by atoms with Crippen molar-refractivity contribution in [1.29, 1.82) is 0 Å². The monoisotopic (exact) mass is 887 g/mol. The number of H-pyrrole nitrogens is 1. The second kappa shape index (κ2) is 18.6. The second-order valence-corrected chi connectivity index (χ2v) is 17.6. The molecule has 3 saturated heterocycles. The SMILES string of the molecule is CC(C)(C)OC(=O)Nc1cc(Br)cnc1C(=O)N1CCC(CN2CCN(CC(=O)N3CCN(C(=O)c4cc(Cc5n[nH]c(=O)c6ccccc56)ccc4F)CC3)CC2)CC1. The first-order chi connectivity index (χ1) is 28.7. The molecule has 0 atom stereocenters. The zero-order valence-corrected chi connectivity index (χ0v) is 35.8. The largest absolute Gasteiger partial charge is 0.444 e. The lowest BCUT2D eigenvalue weighted by molar-refractivity contribution is -0.134. The normalized spacial score (nSPS) is 17.2. The molecule has 3 aliphatic heterocycles. The fourth-order valence-corrected chi connectivity index (χ4v) is 8.38. The molecule has 3 fully saturated rings. The van der Waals surface area contributed by atoms with Crippen molar-refractivity contribution in [2.24, 2.45) is 5.92 Å². The molecule has 4 amide bonds. The van der Waals surface area contributed by atoms with Gasteiger partial charge >= 0.3 is 6.09 Å². The molecule has 2 aromatic heterocycles. The fourth-order valence-electron chi connectivity index (χ4n) is 8.05. The highest BCUT2D eigenvalue weighted by molar-refractivity contribution is 9.10. The molecular weight excluding hydrogens is 837 g/mol. The number of benzene rings is 2. The van der Waals surface area contributed by atoms with E-state index in [1.807, 2.05) is 12.1 Å². The first-order valence-electron chi connectivity index (χ1n) is 20.4. The highest BCUT2D eigenvalue weighted by atomic mass is 79.9. The Kier molecular flexibility index (Phi) is 13.3. The Morgan fingerprint density at radius 2 is 1.50 bits per heavy atom. The maximum absolute atomic E-state index is 15.0. The number of hydrogen-bond acceptors (Lipinski definition) is 10. The van der Waals surface area contributed by atoms with Gasteiger partial charge in [-0.05, 0) is 85.3 Å². The van der Waals surface area contributed by atoms with E-state index in [2.05, 4.69) is 46.2 Å². The lowest BCUT2D eigenvalue weighted by atomic mass is 9.95. The summed E-state index contributed by atoms with van der Waals surface area (Å²) in [6.07, 6.45) is 2.91. The van der Waals surface area contributed by atoms with E-state index >= 15 is 4.39 Å². The Balaban J connectivity index is 0.831. The maximum Gasteiger partial charge on any atom is 0.412 e. The zero-order valence-electron chi connectivity index (χ0n) is 34.2. The smallest absolute Gasteiger partial charge is 0.412 e. The van der Waals surface area contributed by atoms with E-state index in [4.69, 9.17) is 4.74 Å². The number of amides is 4. The van der Waals surface area contributed by atoms with Gasteiger partial charge in [0.2, 0.25) is 5.91 Å². The van der Waals surface area contributed by atoms with E-state index < -0.39 is 23.4 Å². The Morgan fingerprint density at radius 3 is 2.20 bits per heavy atom. The van der Waals surface area contributed by atoms with Crippen LogP contribution in [0.5, 0.6) is 0 Å². The molecule has 2 N–H and O–H groups in total. The van der Waals surface area contributed by atoms with Gasteiger partial charge in [0.05, 0.1) is 28.9 Å². The third-order valence-corrected chi connectivity index (χ3v) is 11.7. The number of nitrogens with zero attached hydrogens (tertiary/aromatic N) is 7. The average Bonchev–Trinajstić information content (AvgIpc) is 3.22. The van der Waals surface area contributed by atoms with Crippen molar-refractivity contribution in [2.45, 2.75) is 45.6 Å². The first kappa shape index (κ1) is 42.8. The number of aromatic nitrogens is 3. The van der Waals surface area contributed by atoms with E-state index in [-0.39, 0.29) is 28.6 Å². The summed E-state index contributed by atoms with van der Waals surface area (Å²) in [4.78, 5) is 79.2.